The number of primary amides is 1. The van der Waals surface area contributed by atoms with E-state index < -0.39 is 30.9 Å². The number of anilines is 2. The molecule has 1 unspecified atom stereocenters. The number of amides is 1. The Labute approximate surface area is 197 Å². The van der Waals surface area contributed by atoms with Gasteiger partial charge in [0.15, 0.2) is 0 Å². The summed E-state index contributed by atoms with van der Waals surface area (Å²) < 4.78 is 56.5. The molecule has 0 aliphatic rings. The fourth-order valence-electron chi connectivity index (χ4n) is 3.05. The van der Waals surface area contributed by atoms with Crippen molar-refractivity contribution in [2.75, 3.05) is 18.5 Å². The molecule has 3 rings (SSSR count). The van der Waals surface area contributed by atoms with E-state index in [0.29, 0.717) is 27.0 Å². The number of benzene rings is 1. The largest absolute Gasteiger partial charge is 0.396 e. The molecule has 4 N–H and O–H groups in total. The van der Waals surface area contributed by atoms with Crippen molar-refractivity contribution < 1.29 is 32.2 Å². The molecule has 6 nitrogen and oxygen atoms in total. The molecule has 182 valence electrons. The SMILES string of the molecule is CC(CO)c1ccc(-c2cc(C(N)=O)c(Nc3cccc(COCCC(F)(F)F)n3)s2)c(F)c1. The van der Waals surface area contributed by atoms with E-state index >= 15 is 0 Å². The summed E-state index contributed by atoms with van der Waals surface area (Å²) in [6, 6.07) is 10.9. The van der Waals surface area contributed by atoms with Crippen LogP contribution in [0.15, 0.2) is 42.5 Å². The lowest BCUT2D eigenvalue weighted by molar-refractivity contribution is -0.146. The summed E-state index contributed by atoms with van der Waals surface area (Å²) in [5, 5.41) is 12.6. The second-order valence-electron chi connectivity index (χ2n) is 7.60. The van der Waals surface area contributed by atoms with Gasteiger partial charge in [0.05, 0.1) is 30.9 Å². The topological polar surface area (TPSA) is 97.5 Å². The van der Waals surface area contributed by atoms with E-state index in [-0.39, 0.29) is 30.3 Å². The summed E-state index contributed by atoms with van der Waals surface area (Å²) in [6.07, 6.45) is -5.35. The van der Waals surface area contributed by atoms with Crippen LogP contribution in [0.4, 0.5) is 28.4 Å². The third-order valence-corrected chi connectivity index (χ3v) is 6.01. The van der Waals surface area contributed by atoms with Gasteiger partial charge in [-0.25, -0.2) is 9.37 Å². The summed E-state index contributed by atoms with van der Waals surface area (Å²) in [7, 11) is 0. The molecule has 2 aromatic heterocycles. The van der Waals surface area contributed by atoms with E-state index in [9.17, 15) is 27.5 Å². The van der Waals surface area contributed by atoms with Crippen LogP contribution in [0.25, 0.3) is 10.4 Å². The number of halogens is 4. The Morgan fingerprint density at radius 2 is 2.03 bits per heavy atom. The zero-order chi connectivity index (χ0) is 24.9. The molecule has 2 heterocycles. The Kier molecular flexibility index (Phi) is 8.24. The maximum atomic E-state index is 14.8. The molecule has 0 aliphatic heterocycles. The summed E-state index contributed by atoms with van der Waals surface area (Å²) in [4.78, 5) is 16.7. The number of aliphatic hydroxyl groups excluding tert-OH is 1. The maximum Gasteiger partial charge on any atom is 0.391 e. The van der Waals surface area contributed by atoms with Crippen molar-refractivity contribution in [1.29, 1.82) is 0 Å². The maximum absolute atomic E-state index is 14.8. The molecule has 0 saturated carbocycles. The molecule has 0 spiro atoms. The summed E-state index contributed by atoms with van der Waals surface area (Å²) in [5.74, 6) is -1.12. The smallest absolute Gasteiger partial charge is 0.391 e. The fourth-order valence-corrected chi connectivity index (χ4v) is 4.15. The summed E-state index contributed by atoms with van der Waals surface area (Å²) >= 11 is 1.10. The number of aromatic nitrogens is 1. The lowest BCUT2D eigenvalue weighted by Gasteiger charge is -2.10. The van der Waals surface area contributed by atoms with E-state index in [1.54, 1.807) is 37.3 Å². The number of thiophene rings is 1. The first kappa shape index (κ1) is 25.6. The van der Waals surface area contributed by atoms with Gasteiger partial charge >= 0.3 is 6.18 Å². The predicted molar refractivity (Wildman–Crippen MR) is 122 cm³/mol. The van der Waals surface area contributed by atoms with Crippen molar-refractivity contribution in [3.63, 3.8) is 0 Å². The highest BCUT2D eigenvalue weighted by atomic mass is 32.1. The van der Waals surface area contributed by atoms with Crippen molar-refractivity contribution in [3.05, 3.63) is 65.1 Å². The number of carbonyl (C=O) groups excluding carboxylic acids is 1. The molecule has 11 heteroatoms. The van der Waals surface area contributed by atoms with Gasteiger partial charge in [-0.2, -0.15) is 13.2 Å². The van der Waals surface area contributed by atoms with Gasteiger partial charge in [0, 0.05) is 23.0 Å². The minimum atomic E-state index is -4.30. The summed E-state index contributed by atoms with van der Waals surface area (Å²) in [6.45, 7) is 1.06. The van der Waals surface area contributed by atoms with Crippen LogP contribution in [-0.2, 0) is 11.3 Å². The Morgan fingerprint density at radius 1 is 1.26 bits per heavy atom. The van der Waals surface area contributed by atoms with Crippen LogP contribution in [0.1, 0.15) is 40.9 Å². The molecule has 3 aromatic rings. The van der Waals surface area contributed by atoms with Crippen LogP contribution in [0.2, 0.25) is 0 Å². The zero-order valence-electron chi connectivity index (χ0n) is 18.2. The van der Waals surface area contributed by atoms with Crippen molar-refractivity contribution in [3.8, 4) is 10.4 Å². The molecule has 1 amide bonds. The van der Waals surface area contributed by atoms with Gasteiger partial charge in [0.1, 0.15) is 16.6 Å². The molecule has 34 heavy (non-hydrogen) atoms. The number of rotatable bonds is 10. The fraction of sp³-hybridized carbons (Fsp3) is 0.304. The normalized spacial score (nSPS) is 12.5. The number of nitrogens with two attached hydrogens (primary N) is 1. The molecule has 1 aromatic carbocycles. The lowest BCUT2D eigenvalue weighted by atomic mass is 9.99. The molecular formula is C23H23F4N3O3S. The van der Waals surface area contributed by atoms with Crippen molar-refractivity contribution in [2.24, 2.45) is 5.73 Å². The molecular weight excluding hydrogens is 474 g/mol. The average molecular weight is 498 g/mol. The highest BCUT2D eigenvalue weighted by Gasteiger charge is 2.26. The molecule has 0 bridgehead atoms. The number of aliphatic hydroxyl groups is 1. The van der Waals surface area contributed by atoms with Crippen molar-refractivity contribution in [1.82, 2.24) is 4.98 Å². The van der Waals surface area contributed by atoms with E-state index in [0.717, 1.165) is 11.3 Å². The molecule has 0 aliphatic carbocycles. The first-order valence-electron chi connectivity index (χ1n) is 10.3. The number of ether oxygens (including phenoxy) is 1. The number of nitrogens with zero attached hydrogens (tertiary/aromatic N) is 1. The van der Waals surface area contributed by atoms with Crippen LogP contribution < -0.4 is 11.1 Å². The minimum absolute atomic E-state index is 0.114. The Bertz CT molecular complexity index is 1150. The Hall–Kier alpha value is -3.02. The highest BCUT2D eigenvalue weighted by Crippen LogP contribution is 2.38. The van der Waals surface area contributed by atoms with Gasteiger partial charge in [-0.1, -0.05) is 25.1 Å². The molecule has 0 saturated heterocycles. The Balaban J connectivity index is 1.79. The number of pyridine rings is 1. The van der Waals surface area contributed by atoms with E-state index in [2.05, 4.69) is 10.3 Å². The average Bonchev–Trinajstić information content (AvgIpc) is 3.19. The molecule has 0 radical (unpaired) electrons. The van der Waals surface area contributed by atoms with Crippen LogP contribution in [0.3, 0.4) is 0 Å². The minimum Gasteiger partial charge on any atom is -0.396 e. The highest BCUT2D eigenvalue weighted by molar-refractivity contribution is 7.19. The third kappa shape index (κ3) is 6.75. The predicted octanol–water partition coefficient (Wildman–Crippen LogP) is 5.36. The van der Waals surface area contributed by atoms with Crippen LogP contribution in [0, 0.1) is 5.82 Å². The first-order chi connectivity index (χ1) is 16.1. The van der Waals surface area contributed by atoms with Crippen LogP contribution in [-0.4, -0.2) is 35.4 Å². The quantitative estimate of drug-likeness (QED) is 0.259. The van der Waals surface area contributed by atoms with Gasteiger partial charge in [0.25, 0.3) is 5.91 Å². The number of carbonyl (C=O) groups is 1. The van der Waals surface area contributed by atoms with Gasteiger partial charge in [-0.15, -0.1) is 11.3 Å². The van der Waals surface area contributed by atoms with Gasteiger partial charge in [-0.05, 0) is 29.8 Å². The van der Waals surface area contributed by atoms with Crippen molar-refractivity contribution >= 4 is 28.1 Å². The second-order valence-corrected chi connectivity index (χ2v) is 8.65. The van der Waals surface area contributed by atoms with Gasteiger partial charge in [-0.3, -0.25) is 4.79 Å². The molecule has 1 atom stereocenters. The second kappa shape index (κ2) is 10.9. The molecule has 0 fully saturated rings. The number of hydrogen-bond acceptors (Lipinski definition) is 6. The van der Waals surface area contributed by atoms with Crippen molar-refractivity contribution in [2.45, 2.75) is 32.0 Å². The van der Waals surface area contributed by atoms with Gasteiger partial charge in [0.2, 0.25) is 0 Å². The van der Waals surface area contributed by atoms with E-state index in [1.807, 2.05) is 0 Å². The third-order valence-electron chi connectivity index (χ3n) is 4.93. The number of hydrogen-bond donors (Lipinski definition) is 3. The number of alkyl halides is 3. The van der Waals surface area contributed by atoms with Gasteiger partial charge < -0.3 is 20.9 Å². The van der Waals surface area contributed by atoms with E-state index in [1.165, 1.54) is 12.1 Å². The first-order valence-corrected chi connectivity index (χ1v) is 11.1. The lowest BCUT2D eigenvalue weighted by Crippen LogP contribution is -2.12. The van der Waals surface area contributed by atoms with E-state index in [4.69, 9.17) is 10.5 Å². The monoisotopic (exact) mass is 497 g/mol. The van der Waals surface area contributed by atoms with Crippen LogP contribution in [0.5, 0.6) is 0 Å². The standard InChI is InChI=1S/C23H23F4N3O3S/c1-13(11-31)14-5-6-16(18(24)9-14)19-10-17(21(28)32)22(34-19)30-20-4-2-3-15(29-20)12-33-8-7-23(25,26)27/h2-6,9-10,13,31H,7-8,11-12H2,1H3,(H2,28,32)(H,29,30). The Morgan fingerprint density at radius 3 is 2.68 bits per heavy atom. The van der Waals surface area contributed by atoms with Crippen LogP contribution >= 0.6 is 11.3 Å². The number of nitrogens with one attached hydrogen (secondary N) is 1. The summed E-state index contributed by atoms with van der Waals surface area (Å²) in [5.41, 5.74) is 6.95. The zero-order valence-corrected chi connectivity index (χ0v) is 19.0.